The number of nitrogens with one attached hydrogen (secondary N) is 1. The van der Waals surface area contributed by atoms with Gasteiger partial charge in [0.05, 0.1) is 5.69 Å². The topological polar surface area (TPSA) is 85.1 Å². The normalized spacial score (nSPS) is 13.7. The van der Waals surface area contributed by atoms with E-state index in [1.54, 1.807) is 42.6 Å². The number of benzene rings is 1. The molecule has 0 aliphatic heterocycles. The van der Waals surface area contributed by atoms with E-state index in [-0.39, 0.29) is 5.91 Å². The first-order valence-corrected chi connectivity index (χ1v) is 6.80. The van der Waals surface area contributed by atoms with Crippen LogP contribution in [0.1, 0.15) is 33.6 Å². The van der Waals surface area contributed by atoms with E-state index in [2.05, 4.69) is 10.3 Å². The van der Waals surface area contributed by atoms with E-state index in [0.29, 0.717) is 22.9 Å². The number of aromatic nitrogens is 1. The quantitative estimate of drug-likeness (QED) is 0.895. The highest BCUT2D eigenvalue weighted by Crippen LogP contribution is 2.21. The summed E-state index contributed by atoms with van der Waals surface area (Å²) in [7, 11) is 0. The predicted molar refractivity (Wildman–Crippen MR) is 78.7 cm³/mol. The van der Waals surface area contributed by atoms with Crippen molar-refractivity contribution in [2.45, 2.75) is 18.9 Å². The average molecular weight is 281 g/mol. The van der Waals surface area contributed by atoms with Gasteiger partial charge in [0.15, 0.2) is 0 Å². The van der Waals surface area contributed by atoms with Crippen LogP contribution in [0.15, 0.2) is 42.6 Å². The number of carbonyl (C=O) groups excluding carboxylic acids is 2. The third-order valence-electron chi connectivity index (χ3n) is 3.40. The zero-order valence-electron chi connectivity index (χ0n) is 11.4. The van der Waals surface area contributed by atoms with E-state index in [0.717, 1.165) is 18.4 Å². The van der Waals surface area contributed by atoms with Gasteiger partial charge in [-0.25, -0.2) is 0 Å². The Labute approximate surface area is 122 Å². The summed E-state index contributed by atoms with van der Waals surface area (Å²) in [5, 5.41) is 2.94. The van der Waals surface area contributed by atoms with Crippen LogP contribution >= 0.6 is 0 Å². The molecule has 0 bridgehead atoms. The minimum atomic E-state index is -0.466. The lowest BCUT2D eigenvalue weighted by Crippen LogP contribution is -2.25. The average Bonchev–Trinajstić information content (AvgIpc) is 3.31. The molecule has 1 aromatic heterocycles. The van der Waals surface area contributed by atoms with Crippen LogP contribution in [-0.4, -0.2) is 22.8 Å². The molecule has 1 fully saturated rings. The molecule has 0 radical (unpaired) electrons. The summed E-state index contributed by atoms with van der Waals surface area (Å²) in [4.78, 5) is 27.3. The van der Waals surface area contributed by atoms with Crippen LogP contribution in [0.2, 0.25) is 0 Å². The lowest BCUT2D eigenvalue weighted by Gasteiger charge is -2.06. The van der Waals surface area contributed by atoms with Crippen molar-refractivity contribution in [3.05, 3.63) is 53.7 Å². The Hall–Kier alpha value is -2.69. The van der Waals surface area contributed by atoms with Crippen LogP contribution in [0.5, 0.6) is 0 Å². The molecule has 0 spiro atoms. The third kappa shape index (κ3) is 3.08. The van der Waals surface area contributed by atoms with E-state index in [1.165, 1.54) is 0 Å². The summed E-state index contributed by atoms with van der Waals surface area (Å²) in [6, 6.07) is 10.6. The van der Waals surface area contributed by atoms with E-state index in [9.17, 15) is 9.59 Å². The molecule has 3 N–H and O–H groups in total. The fourth-order valence-corrected chi connectivity index (χ4v) is 2.03. The Morgan fingerprint density at radius 1 is 1.10 bits per heavy atom. The molecule has 0 saturated heterocycles. The molecule has 0 atom stereocenters. The molecule has 2 aromatic rings. The number of hydrogen-bond acceptors (Lipinski definition) is 3. The van der Waals surface area contributed by atoms with Crippen LogP contribution in [-0.2, 0) is 0 Å². The van der Waals surface area contributed by atoms with Crippen molar-refractivity contribution in [2.75, 3.05) is 0 Å². The highest BCUT2D eigenvalue weighted by Gasteiger charge is 2.23. The van der Waals surface area contributed by atoms with Crippen LogP contribution < -0.4 is 11.1 Å². The summed E-state index contributed by atoms with van der Waals surface area (Å²) < 4.78 is 0. The molecule has 21 heavy (non-hydrogen) atoms. The van der Waals surface area contributed by atoms with Crippen molar-refractivity contribution in [3.8, 4) is 11.3 Å². The van der Waals surface area contributed by atoms with E-state index in [1.807, 2.05) is 0 Å². The molecule has 1 aliphatic rings. The number of hydrogen-bond donors (Lipinski definition) is 2. The van der Waals surface area contributed by atoms with E-state index in [4.69, 9.17) is 5.73 Å². The van der Waals surface area contributed by atoms with Gasteiger partial charge in [-0.2, -0.15) is 0 Å². The predicted octanol–water partition coefficient (Wildman–Crippen LogP) is 1.74. The molecular formula is C16H15N3O2. The van der Waals surface area contributed by atoms with Gasteiger partial charge in [-0.1, -0.05) is 12.1 Å². The van der Waals surface area contributed by atoms with Gasteiger partial charge in [0.25, 0.3) is 5.91 Å². The van der Waals surface area contributed by atoms with Gasteiger partial charge in [-0.15, -0.1) is 0 Å². The van der Waals surface area contributed by atoms with Crippen molar-refractivity contribution in [2.24, 2.45) is 5.73 Å². The van der Waals surface area contributed by atoms with Crippen molar-refractivity contribution in [1.29, 1.82) is 0 Å². The fourth-order valence-electron chi connectivity index (χ4n) is 2.03. The Bertz CT molecular complexity index is 691. The summed E-state index contributed by atoms with van der Waals surface area (Å²) >= 11 is 0. The SMILES string of the molecule is NC(=O)c1ccc(-c2cc(C(=O)NC3CC3)ccn2)cc1. The summed E-state index contributed by atoms with van der Waals surface area (Å²) in [6.45, 7) is 0. The maximum absolute atomic E-state index is 12.0. The zero-order chi connectivity index (χ0) is 14.8. The molecule has 0 unspecified atom stereocenters. The molecule has 106 valence electrons. The number of carbonyl (C=O) groups is 2. The van der Waals surface area contributed by atoms with Gasteiger partial charge in [0, 0.05) is 28.9 Å². The summed E-state index contributed by atoms with van der Waals surface area (Å²) in [6.07, 6.45) is 3.72. The number of amides is 2. The van der Waals surface area contributed by atoms with E-state index < -0.39 is 5.91 Å². The fraction of sp³-hybridized carbons (Fsp3) is 0.188. The van der Waals surface area contributed by atoms with Crippen molar-refractivity contribution >= 4 is 11.8 Å². The first kappa shape index (κ1) is 13.3. The van der Waals surface area contributed by atoms with Gasteiger partial charge < -0.3 is 11.1 Å². The Morgan fingerprint density at radius 2 is 1.81 bits per heavy atom. The highest BCUT2D eigenvalue weighted by molar-refractivity contribution is 5.96. The van der Waals surface area contributed by atoms with Gasteiger partial charge in [0.1, 0.15) is 0 Å². The Balaban J connectivity index is 1.84. The van der Waals surface area contributed by atoms with Crippen LogP contribution in [0.25, 0.3) is 11.3 Å². The largest absolute Gasteiger partial charge is 0.366 e. The van der Waals surface area contributed by atoms with Crippen molar-refractivity contribution in [3.63, 3.8) is 0 Å². The van der Waals surface area contributed by atoms with Crippen molar-refractivity contribution < 1.29 is 9.59 Å². The zero-order valence-corrected chi connectivity index (χ0v) is 11.4. The molecule has 1 heterocycles. The van der Waals surface area contributed by atoms with Gasteiger partial charge in [0.2, 0.25) is 5.91 Å². The molecule has 1 saturated carbocycles. The summed E-state index contributed by atoms with van der Waals surface area (Å²) in [5.74, 6) is -0.540. The lowest BCUT2D eigenvalue weighted by molar-refractivity contribution is 0.0949. The van der Waals surface area contributed by atoms with Gasteiger partial charge >= 0.3 is 0 Å². The lowest BCUT2D eigenvalue weighted by atomic mass is 10.1. The molecular weight excluding hydrogens is 266 g/mol. The number of pyridine rings is 1. The molecule has 1 aliphatic carbocycles. The van der Waals surface area contributed by atoms with Crippen LogP contribution in [0.3, 0.4) is 0 Å². The van der Waals surface area contributed by atoms with Crippen LogP contribution in [0, 0.1) is 0 Å². The van der Waals surface area contributed by atoms with Gasteiger partial charge in [-0.05, 0) is 37.1 Å². The standard InChI is InChI=1S/C16H15N3O2/c17-15(20)11-3-1-10(2-4-11)14-9-12(7-8-18-14)16(21)19-13-5-6-13/h1-4,7-9,13H,5-6H2,(H2,17,20)(H,19,21). The van der Waals surface area contributed by atoms with E-state index >= 15 is 0 Å². The molecule has 2 amide bonds. The maximum Gasteiger partial charge on any atom is 0.251 e. The summed E-state index contributed by atoms with van der Waals surface area (Å²) in [5.41, 5.74) is 7.77. The number of rotatable bonds is 4. The first-order chi connectivity index (χ1) is 10.1. The third-order valence-corrected chi connectivity index (χ3v) is 3.40. The monoisotopic (exact) mass is 281 g/mol. The first-order valence-electron chi connectivity index (χ1n) is 6.80. The van der Waals surface area contributed by atoms with Crippen LogP contribution in [0.4, 0.5) is 0 Å². The smallest absolute Gasteiger partial charge is 0.251 e. The molecule has 1 aromatic carbocycles. The second-order valence-electron chi connectivity index (χ2n) is 5.12. The van der Waals surface area contributed by atoms with Gasteiger partial charge in [-0.3, -0.25) is 14.6 Å². The second kappa shape index (κ2) is 5.36. The second-order valence-corrected chi connectivity index (χ2v) is 5.12. The molecule has 5 nitrogen and oxygen atoms in total. The minimum absolute atomic E-state index is 0.0742. The number of nitrogens with zero attached hydrogens (tertiary/aromatic N) is 1. The Kier molecular flexibility index (Phi) is 3.39. The minimum Gasteiger partial charge on any atom is -0.366 e. The maximum atomic E-state index is 12.0. The number of primary amides is 1. The number of nitrogens with two attached hydrogens (primary N) is 1. The van der Waals surface area contributed by atoms with Crippen molar-refractivity contribution in [1.82, 2.24) is 10.3 Å². The molecule has 5 heteroatoms. The highest BCUT2D eigenvalue weighted by atomic mass is 16.2. The Morgan fingerprint density at radius 3 is 2.43 bits per heavy atom. The molecule has 3 rings (SSSR count).